The second-order valence-corrected chi connectivity index (χ2v) is 5.78. The number of hydrogen-bond acceptors (Lipinski definition) is 1. The van der Waals surface area contributed by atoms with Gasteiger partial charge in [-0.25, -0.2) is 0 Å². The molecule has 0 spiro atoms. The van der Waals surface area contributed by atoms with E-state index in [0.29, 0.717) is 0 Å². The van der Waals surface area contributed by atoms with E-state index < -0.39 is 0 Å². The minimum absolute atomic E-state index is 0.973. The lowest BCUT2D eigenvalue weighted by molar-refractivity contribution is 1.54. The molecule has 0 aliphatic heterocycles. The molecule has 0 fully saturated rings. The van der Waals surface area contributed by atoms with Crippen LogP contribution in [0.3, 0.4) is 0 Å². The second-order valence-electron chi connectivity index (χ2n) is 5.78. The van der Waals surface area contributed by atoms with Crippen LogP contribution in [-0.4, -0.2) is 6.21 Å². The molecule has 0 aliphatic carbocycles. The highest BCUT2D eigenvalue weighted by molar-refractivity contribution is 5.88. The molecule has 0 aromatic heterocycles. The van der Waals surface area contributed by atoms with Crippen LogP contribution in [-0.2, 0) is 0 Å². The maximum absolute atomic E-state index is 4.60. The fourth-order valence-electron chi connectivity index (χ4n) is 2.80. The van der Waals surface area contributed by atoms with Crippen molar-refractivity contribution in [3.8, 4) is 11.1 Å². The van der Waals surface area contributed by atoms with Crippen LogP contribution in [0.5, 0.6) is 0 Å². The molecule has 0 amide bonds. The molecule has 1 nitrogen and oxygen atoms in total. The average molecular weight is 307 g/mol. The molecular formula is C23H17N. The SMILES string of the molecule is C(=Nc1ccc2ccccc2c1)c1ccc(-c2ccccc2)cc1. The summed E-state index contributed by atoms with van der Waals surface area (Å²) in [5.74, 6) is 0. The molecule has 0 unspecified atom stereocenters. The number of benzene rings is 4. The lowest BCUT2D eigenvalue weighted by atomic mass is 10.0. The lowest BCUT2D eigenvalue weighted by Crippen LogP contribution is -1.82. The molecule has 0 heterocycles. The van der Waals surface area contributed by atoms with Gasteiger partial charge in [-0.1, -0.05) is 84.9 Å². The molecular weight excluding hydrogens is 290 g/mol. The van der Waals surface area contributed by atoms with Crippen molar-refractivity contribution in [3.63, 3.8) is 0 Å². The minimum Gasteiger partial charge on any atom is -0.256 e. The van der Waals surface area contributed by atoms with Crippen molar-refractivity contribution < 1.29 is 0 Å². The van der Waals surface area contributed by atoms with Crippen LogP contribution in [0.1, 0.15) is 5.56 Å². The fourth-order valence-corrected chi connectivity index (χ4v) is 2.80. The quantitative estimate of drug-likeness (QED) is 0.396. The van der Waals surface area contributed by atoms with Crippen molar-refractivity contribution >= 4 is 22.7 Å². The number of rotatable bonds is 3. The molecule has 0 radical (unpaired) electrons. The Hall–Kier alpha value is -3.19. The van der Waals surface area contributed by atoms with Crippen LogP contribution in [0.15, 0.2) is 102 Å². The Kier molecular flexibility index (Phi) is 3.91. The van der Waals surface area contributed by atoms with E-state index in [1.54, 1.807) is 0 Å². The molecule has 4 aromatic rings. The van der Waals surface area contributed by atoms with Gasteiger partial charge in [-0.05, 0) is 39.6 Å². The normalized spacial score (nSPS) is 11.2. The molecule has 114 valence electrons. The highest BCUT2D eigenvalue weighted by Gasteiger charge is 1.97. The van der Waals surface area contributed by atoms with Crippen LogP contribution >= 0.6 is 0 Å². The zero-order valence-electron chi connectivity index (χ0n) is 13.3. The Balaban J connectivity index is 1.56. The maximum Gasteiger partial charge on any atom is 0.0636 e. The van der Waals surface area contributed by atoms with Crippen LogP contribution in [0.4, 0.5) is 5.69 Å². The highest BCUT2D eigenvalue weighted by atomic mass is 14.7. The van der Waals surface area contributed by atoms with Gasteiger partial charge in [-0.2, -0.15) is 0 Å². The van der Waals surface area contributed by atoms with E-state index in [4.69, 9.17) is 0 Å². The third-order valence-electron chi connectivity index (χ3n) is 4.11. The Morgan fingerprint density at radius 3 is 2.00 bits per heavy atom. The molecule has 1 heteroatoms. The van der Waals surface area contributed by atoms with Crippen LogP contribution < -0.4 is 0 Å². The largest absolute Gasteiger partial charge is 0.256 e. The van der Waals surface area contributed by atoms with Crippen molar-refractivity contribution in [2.24, 2.45) is 4.99 Å². The Bertz CT molecular complexity index is 983. The van der Waals surface area contributed by atoms with Crippen molar-refractivity contribution in [1.29, 1.82) is 0 Å². The van der Waals surface area contributed by atoms with E-state index in [1.165, 1.54) is 21.9 Å². The summed E-state index contributed by atoms with van der Waals surface area (Å²) in [5, 5.41) is 2.45. The van der Waals surface area contributed by atoms with Gasteiger partial charge in [0.2, 0.25) is 0 Å². The summed E-state index contributed by atoms with van der Waals surface area (Å²) in [6.45, 7) is 0. The van der Waals surface area contributed by atoms with Crippen molar-refractivity contribution in [2.75, 3.05) is 0 Å². The molecule has 0 saturated heterocycles. The number of nitrogens with zero attached hydrogens (tertiary/aromatic N) is 1. The summed E-state index contributed by atoms with van der Waals surface area (Å²) in [4.78, 5) is 4.60. The van der Waals surface area contributed by atoms with Crippen LogP contribution in [0.25, 0.3) is 21.9 Å². The molecule has 24 heavy (non-hydrogen) atoms. The zero-order chi connectivity index (χ0) is 16.2. The standard InChI is InChI=1S/C23H17N/c1-2-6-19(7-3-1)21-12-10-18(11-13-21)17-24-23-15-14-20-8-4-5-9-22(20)16-23/h1-17H. The summed E-state index contributed by atoms with van der Waals surface area (Å²) < 4.78 is 0. The Morgan fingerprint density at radius 1 is 0.542 bits per heavy atom. The topological polar surface area (TPSA) is 12.4 Å². The van der Waals surface area contributed by atoms with Crippen LogP contribution in [0.2, 0.25) is 0 Å². The average Bonchev–Trinajstić information content (AvgIpc) is 2.67. The highest BCUT2D eigenvalue weighted by Crippen LogP contribution is 2.22. The lowest BCUT2D eigenvalue weighted by Gasteiger charge is -2.02. The first-order valence-electron chi connectivity index (χ1n) is 8.07. The van der Waals surface area contributed by atoms with E-state index in [9.17, 15) is 0 Å². The summed E-state index contributed by atoms with van der Waals surface area (Å²) >= 11 is 0. The first-order valence-corrected chi connectivity index (χ1v) is 8.07. The smallest absolute Gasteiger partial charge is 0.0636 e. The molecule has 0 atom stereocenters. The molecule has 4 rings (SSSR count). The van der Waals surface area contributed by atoms with Gasteiger partial charge in [0.25, 0.3) is 0 Å². The van der Waals surface area contributed by atoms with E-state index >= 15 is 0 Å². The predicted molar refractivity (Wildman–Crippen MR) is 103 cm³/mol. The third-order valence-corrected chi connectivity index (χ3v) is 4.11. The third kappa shape index (κ3) is 3.11. The van der Waals surface area contributed by atoms with Gasteiger partial charge in [0.05, 0.1) is 5.69 Å². The van der Waals surface area contributed by atoms with E-state index in [2.05, 4.69) is 96.0 Å². The summed E-state index contributed by atoms with van der Waals surface area (Å²) in [5.41, 5.74) is 4.53. The van der Waals surface area contributed by atoms with Crippen molar-refractivity contribution in [2.45, 2.75) is 0 Å². The van der Waals surface area contributed by atoms with E-state index in [1.807, 2.05) is 12.3 Å². The summed E-state index contributed by atoms with van der Waals surface area (Å²) in [7, 11) is 0. The molecule has 0 N–H and O–H groups in total. The first kappa shape index (κ1) is 14.4. The van der Waals surface area contributed by atoms with Crippen LogP contribution in [0, 0.1) is 0 Å². The van der Waals surface area contributed by atoms with Gasteiger partial charge in [0.15, 0.2) is 0 Å². The van der Waals surface area contributed by atoms with Crippen molar-refractivity contribution in [3.05, 3.63) is 103 Å². The van der Waals surface area contributed by atoms with Gasteiger partial charge in [0.1, 0.15) is 0 Å². The number of aliphatic imine (C=N–C) groups is 1. The monoisotopic (exact) mass is 307 g/mol. The van der Waals surface area contributed by atoms with Gasteiger partial charge in [0, 0.05) is 6.21 Å². The summed E-state index contributed by atoms with van der Waals surface area (Å²) in [6, 6.07) is 33.5. The second kappa shape index (κ2) is 6.51. The maximum atomic E-state index is 4.60. The van der Waals surface area contributed by atoms with Crippen molar-refractivity contribution in [1.82, 2.24) is 0 Å². The van der Waals surface area contributed by atoms with E-state index in [0.717, 1.165) is 11.3 Å². The number of fused-ring (bicyclic) bond motifs is 1. The van der Waals surface area contributed by atoms with Gasteiger partial charge in [-0.15, -0.1) is 0 Å². The molecule has 0 saturated carbocycles. The number of hydrogen-bond donors (Lipinski definition) is 0. The Labute approximate surface area is 141 Å². The van der Waals surface area contributed by atoms with Gasteiger partial charge < -0.3 is 0 Å². The Morgan fingerprint density at radius 2 is 1.21 bits per heavy atom. The molecule has 4 aromatic carbocycles. The molecule has 0 bridgehead atoms. The van der Waals surface area contributed by atoms with E-state index in [-0.39, 0.29) is 0 Å². The first-order chi connectivity index (χ1) is 11.9. The zero-order valence-corrected chi connectivity index (χ0v) is 13.3. The minimum atomic E-state index is 0.973. The van der Waals surface area contributed by atoms with Gasteiger partial charge >= 0.3 is 0 Å². The predicted octanol–water partition coefficient (Wildman–Crippen LogP) is 6.26. The van der Waals surface area contributed by atoms with Gasteiger partial charge in [-0.3, -0.25) is 4.99 Å². The fraction of sp³-hybridized carbons (Fsp3) is 0. The molecule has 0 aliphatic rings. The summed E-state index contributed by atoms with van der Waals surface area (Å²) in [6.07, 6.45) is 1.92.